The number of carbonyl (C=O) groups excluding carboxylic acids is 2. The Kier molecular flexibility index (Phi) is 5.54. The average Bonchev–Trinajstić information content (AvgIpc) is 3.29. The van der Waals surface area contributed by atoms with E-state index in [1.165, 1.54) is 4.90 Å². The van der Waals surface area contributed by atoms with E-state index in [9.17, 15) is 14.4 Å². The molecule has 0 heterocycles. The van der Waals surface area contributed by atoms with Crippen LogP contribution in [0, 0.1) is 0 Å². The van der Waals surface area contributed by atoms with E-state index < -0.39 is 5.97 Å². The molecule has 0 aromatic heterocycles. The molecule has 2 amide bonds. The number of halogens is 1. The van der Waals surface area contributed by atoms with Crippen LogP contribution in [0.1, 0.15) is 29.6 Å². The third-order valence-electron chi connectivity index (χ3n) is 3.34. The molecule has 118 valence electrons. The van der Waals surface area contributed by atoms with Crippen molar-refractivity contribution in [3.05, 3.63) is 34.3 Å². The van der Waals surface area contributed by atoms with Gasteiger partial charge in [0.2, 0.25) is 5.91 Å². The van der Waals surface area contributed by atoms with Crippen LogP contribution in [-0.4, -0.2) is 46.9 Å². The molecule has 1 aliphatic carbocycles. The molecule has 22 heavy (non-hydrogen) atoms. The van der Waals surface area contributed by atoms with E-state index in [2.05, 4.69) is 21.2 Å². The molecule has 0 atom stereocenters. The highest BCUT2D eigenvalue weighted by Crippen LogP contribution is 2.27. The van der Waals surface area contributed by atoms with Gasteiger partial charge in [0, 0.05) is 29.0 Å². The summed E-state index contributed by atoms with van der Waals surface area (Å²) >= 11 is 3.29. The second-order valence-corrected chi connectivity index (χ2v) is 6.08. The summed E-state index contributed by atoms with van der Waals surface area (Å²) in [4.78, 5) is 36.1. The molecule has 1 fully saturated rings. The number of benzene rings is 1. The Bertz CT molecular complexity index is 569. The minimum Gasteiger partial charge on any atom is -0.480 e. The molecule has 1 aromatic rings. The molecule has 6 nitrogen and oxygen atoms in total. The minimum atomic E-state index is -1.01. The molecule has 0 aliphatic heterocycles. The van der Waals surface area contributed by atoms with E-state index in [0.29, 0.717) is 5.56 Å². The lowest BCUT2D eigenvalue weighted by molar-refractivity contribution is -0.144. The van der Waals surface area contributed by atoms with Gasteiger partial charge in [-0.1, -0.05) is 15.9 Å². The molecule has 0 bridgehead atoms. The lowest BCUT2D eigenvalue weighted by Crippen LogP contribution is -2.39. The number of hydrogen-bond donors (Lipinski definition) is 2. The van der Waals surface area contributed by atoms with Gasteiger partial charge in [0.15, 0.2) is 0 Å². The van der Waals surface area contributed by atoms with Crippen LogP contribution in [0.5, 0.6) is 0 Å². The summed E-state index contributed by atoms with van der Waals surface area (Å²) in [6.07, 6.45) is 1.81. The van der Waals surface area contributed by atoms with Gasteiger partial charge in [-0.05, 0) is 37.1 Å². The molecule has 0 saturated heterocycles. The first kappa shape index (κ1) is 16.5. The van der Waals surface area contributed by atoms with E-state index >= 15 is 0 Å². The predicted molar refractivity (Wildman–Crippen MR) is 83.5 cm³/mol. The number of carboxylic acids is 1. The molecule has 1 aromatic carbocycles. The van der Waals surface area contributed by atoms with Gasteiger partial charge in [0.05, 0.1) is 0 Å². The number of carbonyl (C=O) groups is 3. The molecule has 2 rings (SSSR count). The average molecular weight is 369 g/mol. The minimum absolute atomic E-state index is 0.0470. The standard InChI is InChI=1S/C15H17BrN2O4/c16-11-3-1-10(2-4-11)15(22)17-8-7-13(19)18(9-14(20)21)12-5-6-12/h1-4,12H,5-9H2,(H,17,22)(H,20,21). The van der Waals surface area contributed by atoms with Crippen LogP contribution < -0.4 is 5.32 Å². The number of amides is 2. The normalized spacial score (nSPS) is 13.5. The van der Waals surface area contributed by atoms with E-state index in [1.54, 1.807) is 24.3 Å². The molecular formula is C15H17BrN2O4. The van der Waals surface area contributed by atoms with Crippen LogP contribution in [0.4, 0.5) is 0 Å². The quantitative estimate of drug-likeness (QED) is 0.765. The first-order valence-electron chi connectivity index (χ1n) is 7.02. The summed E-state index contributed by atoms with van der Waals surface area (Å²) in [6, 6.07) is 6.94. The van der Waals surface area contributed by atoms with Crippen LogP contribution in [0.15, 0.2) is 28.7 Å². The van der Waals surface area contributed by atoms with Crippen molar-refractivity contribution in [2.75, 3.05) is 13.1 Å². The lowest BCUT2D eigenvalue weighted by Gasteiger charge is -2.20. The largest absolute Gasteiger partial charge is 0.480 e. The fourth-order valence-corrected chi connectivity index (χ4v) is 2.35. The van der Waals surface area contributed by atoms with Gasteiger partial charge in [0.1, 0.15) is 6.54 Å². The molecular weight excluding hydrogens is 352 g/mol. The molecule has 1 saturated carbocycles. The Morgan fingerprint density at radius 3 is 2.41 bits per heavy atom. The second-order valence-electron chi connectivity index (χ2n) is 5.16. The third-order valence-corrected chi connectivity index (χ3v) is 3.87. The molecule has 0 unspecified atom stereocenters. The molecule has 7 heteroatoms. The van der Waals surface area contributed by atoms with Crippen molar-refractivity contribution in [1.29, 1.82) is 0 Å². The van der Waals surface area contributed by atoms with Gasteiger partial charge in [-0.2, -0.15) is 0 Å². The maximum atomic E-state index is 12.0. The lowest BCUT2D eigenvalue weighted by atomic mass is 10.2. The van der Waals surface area contributed by atoms with Gasteiger partial charge in [-0.25, -0.2) is 0 Å². The van der Waals surface area contributed by atoms with Gasteiger partial charge in [-0.3, -0.25) is 14.4 Å². The monoisotopic (exact) mass is 368 g/mol. The van der Waals surface area contributed by atoms with Crippen molar-refractivity contribution < 1.29 is 19.5 Å². The van der Waals surface area contributed by atoms with Crippen LogP contribution in [0.3, 0.4) is 0 Å². The van der Waals surface area contributed by atoms with Crippen molar-refractivity contribution >= 4 is 33.7 Å². The molecule has 0 radical (unpaired) electrons. The van der Waals surface area contributed by atoms with Crippen LogP contribution in [0.25, 0.3) is 0 Å². The molecule has 2 N–H and O–H groups in total. The Balaban J connectivity index is 1.79. The van der Waals surface area contributed by atoms with Gasteiger partial charge in [0.25, 0.3) is 5.91 Å². The smallest absolute Gasteiger partial charge is 0.323 e. The number of nitrogens with one attached hydrogen (secondary N) is 1. The van der Waals surface area contributed by atoms with Crippen molar-refractivity contribution in [2.45, 2.75) is 25.3 Å². The Hall–Kier alpha value is -1.89. The number of aliphatic carboxylic acids is 1. The number of carboxylic acid groups (broad SMARTS) is 1. The SMILES string of the molecule is O=C(O)CN(C(=O)CCNC(=O)c1ccc(Br)cc1)C1CC1. The van der Waals surface area contributed by atoms with Crippen molar-refractivity contribution in [2.24, 2.45) is 0 Å². The summed E-state index contributed by atoms with van der Waals surface area (Å²) in [6.45, 7) is -0.0826. The number of rotatable bonds is 7. The van der Waals surface area contributed by atoms with Crippen molar-refractivity contribution in [3.63, 3.8) is 0 Å². The number of nitrogens with zero attached hydrogens (tertiary/aromatic N) is 1. The van der Waals surface area contributed by atoms with Gasteiger partial charge < -0.3 is 15.3 Å². The highest BCUT2D eigenvalue weighted by atomic mass is 79.9. The summed E-state index contributed by atoms with van der Waals surface area (Å²) in [5, 5.41) is 11.5. The maximum Gasteiger partial charge on any atom is 0.323 e. The Labute approximate surface area is 136 Å². The molecule has 1 aliphatic rings. The van der Waals surface area contributed by atoms with Crippen LogP contribution >= 0.6 is 15.9 Å². The zero-order valence-corrected chi connectivity index (χ0v) is 13.5. The van der Waals surface area contributed by atoms with Crippen molar-refractivity contribution in [3.8, 4) is 0 Å². The van der Waals surface area contributed by atoms with Crippen LogP contribution in [0.2, 0.25) is 0 Å². The van der Waals surface area contributed by atoms with E-state index in [-0.39, 0.29) is 37.4 Å². The summed E-state index contributed by atoms with van der Waals surface area (Å²) < 4.78 is 0.882. The fraction of sp³-hybridized carbons (Fsp3) is 0.400. The van der Waals surface area contributed by atoms with E-state index in [0.717, 1.165) is 17.3 Å². The zero-order valence-electron chi connectivity index (χ0n) is 11.9. The first-order chi connectivity index (χ1) is 10.5. The van der Waals surface area contributed by atoms with Gasteiger partial charge >= 0.3 is 5.97 Å². The van der Waals surface area contributed by atoms with E-state index in [4.69, 9.17) is 5.11 Å². The van der Waals surface area contributed by atoms with E-state index in [1.807, 2.05) is 0 Å². The first-order valence-corrected chi connectivity index (χ1v) is 7.81. The Morgan fingerprint density at radius 2 is 1.86 bits per heavy atom. The fourth-order valence-electron chi connectivity index (χ4n) is 2.08. The topological polar surface area (TPSA) is 86.7 Å². The van der Waals surface area contributed by atoms with Gasteiger partial charge in [-0.15, -0.1) is 0 Å². The highest BCUT2D eigenvalue weighted by molar-refractivity contribution is 9.10. The zero-order chi connectivity index (χ0) is 16.1. The highest BCUT2D eigenvalue weighted by Gasteiger charge is 2.33. The summed E-state index contributed by atoms with van der Waals surface area (Å²) in [5.74, 6) is -1.50. The van der Waals surface area contributed by atoms with Crippen LogP contribution in [-0.2, 0) is 9.59 Å². The maximum absolute atomic E-state index is 12.0. The predicted octanol–water partition coefficient (Wildman–Crippen LogP) is 1.64. The second kappa shape index (κ2) is 7.40. The summed E-state index contributed by atoms with van der Waals surface area (Å²) in [7, 11) is 0. The third kappa shape index (κ3) is 4.84. The summed E-state index contributed by atoms with van der Waals surface area (Å²) in [5.41, 5.74) is 0.514. The number of hydrogen-bond acceptors (Lipinski definition) is 3. The Morgan fingerprint density at radius 1 is 1.23 bits per heavy atom. The van der Waals surface area contributed by atoms with Crippen molar-refractivity contribution in [1.82, 2.24) is 10.2 Å². The molecule has 0 spiro atoms.